The number of anilines is 6. The first-order valence-electron chi connectivity index (χ1n) is 47.3. The van der Waals surface area contributed by atoms with Gasteiger partial charge in [0.15, 0.2) is 0 Å². The molecule has 0 unspecified atom stereocenters. The molecule has 0 bridgehead atoms. The number of hydrogen-bond donors (Lipinski definition) is 0. The summed E-state index contributed by atoms with van der Waals surface area (Å²) in [7, 11) is 0. The number of hydrogen-bond acceptors (Lipinski definition) is 2. The summed E-state index contributed by atoms with van der Waals surface area (Å²) in [5.74, 6) is 0. The lowest BCUT2D eigenvalue weighted by Gasteiger charge is -2.35. The lowest BCUT2D eigenvalue weighted by atomic mass is 9.67. The fraction of sp³-hybridized carbons (Fsp3) is 0.0840. The molecule has 135 heavy (non-hydrogen) atoms. The first kappa shape index (κ1) is 81.8. The van der Waals surface area contributed by atoms with Crippen molar-refractivity contribution >= 4 is 77.7 Å². The van der Waals surface area contributed by atoms with Crippen molar-refractivity contribution in [3.05, 3.63) is 528 Å². The van der Waals surface area contributed by atoms with Gasteiger partial charge in [-0.15, -0.1) is 0 Å². The molecule has 4 nitrogen and oxygen atoms in total. The molecule has 0 saturated heterocycles. The Morgan fingerprint density at radius 3 is 0.867 bits per heavy atom. The average Bonchev–Trinajstić information content (AvgIpc) is 1.52. The number of fused-ring (bicyclic) bond motifs is 15. The van der Waals surface area contributed by atoms with Crippen LogP contribution in [0, 0.1) is 27.7 Å². The van der Waals surface area contributed by atoms with Gasteiger partial charge in [0.2, 0.25) is 0 Å². The van der Waals surface area contributed by atoms with Crippen LogP contribution < -0.4 is 9.80 Å². The second kappa shape index (κ2) is 32.6. The van der Waals surface area contributed by atoms with E-state index in [0.717, 1.165) is 34.1 Å². The molecule has 3 aliphatic carbocycles. The second-order valence-corrected chi connectivity index (χ2v) is 38.3. The predicted molar refractivity (Wildman–Crippen MR) is 569 cm³/mol. The van der Waals surface area contributed by atoms with Crippen LogP contribution >= 0.6 is 0 Å². The van der Waals surface area contributed by atoms with Gasteiger partial charge in [-0.25, -0.2) is 0 Å². The zero-order valence-corrected chi connectivity index (χ0v) is 77.2. The Kier molecular flexibility index (Phi) is 19.7. The molecule has 0 amide bonds. The quantitative estimate of drug-likeness (QED) is 0.102. The fourth-order valence-corrected chi connectivity index (χ4v) is 22.9. The molecule has 0 spiro atoms. The number of nitrogens with zero attached hydrogens (tertiary/aromatic N) is 4. The van der Waals surface area contributed by atoms with Crippen molar-refractivity contribution in [3.63, 3.8) is 0 Å². The molecule has 0 radical (unpaired) electrons. The lowest BCUT2D eigenvalue weighted by molar-refractivity contribution is 0.660. The molecule has 2 heterocycles. The minimum absolute atomic E-state index is 0.159. The smallest absolute Gasteiger partial charge is 0.0714 e. The highest BCUT2D eigenvalue weighted by atomic mass is 15.2. The Morgan fingerprint density at radius 1 is 0.178 bits per heavy atom. The van der Waals surface area contributed by atoms with Crippen LogP contribution in [0.15, 0.2) is 461 Å². The molecule has 0 N–H and O–H groups in total. The third-order valence-corrected chi connectivity index (χ3v) is 29.2. The third kappa shape index (κ3) is 13.8. The topological polar surface area (TPSA) is 16.3 Å². The van der Waals surface area contributed by atoms with E-state index in [2.05, 4.69) is 535 Å². The van der Waals surface area contributed by atoms with Crippen molar-refractivity contribution in [1.82, 2.24) is 9.13 Å². The summed E-state index contributed by atoms with van der Waals surface area (Å²) in [6.45, 7) is 18.3. The second-order valence-electron chi connectivity index (χ2n) is 38.3. The van der Waals surface area contributed by atoms with Gasteiger partial charge in [-0.2, -0.15) is 0 Å². The van der Waals surface area contributed by atoms with Gasteiger partial charge in [-0.1, -0.05) is 378 Å². The van der Waals surface area contributed by atoms with E-state index >= 15 is 0 Å². The molecule has 4 heteroatoms. The van der Waals surface area contributed by atoms with E-state index in [9.17, 15) is 0 Å². The molecular formula is C131H100N4. The standard InChI is InChI=1S/C72H54N2.C59H46N2/c1-47-40-48(2)42-52(41-47)51-30-36-60-61-37-34-58(45-67(61)71(3,4)66(60)43-51)74-69-27-17-15-25-63(69)64-44-56(35-39-70(64)74)73(55-31-28-50(29-32-55)49-18-8-5-9-19-49)57-33-38-62-59-24-14-16-26-65(59)72(68(62)46-57,53-20-10-6-11-21-53)54-22-12-7-13-23-54;1-39-33-40(2)35-46(34-39)45-23-30-51-52-31-28-50(38-56(52)59(3,4)55(51)36-45)61-57-18-12-11-17-53(57)54-37-49(29-32-58(54)61)60(47-24-19-43(20-25-47)41-13-7-5-8-14-41)48-26-21-44(22-27-48)42-15-9-6-10-16-42/h5-46H,1-4H3;5-38H,1-4H3. The minimum Gasteiger partial charge on any atom is -0.310 e. The molecule has 3 aliphatic rings. The molecule has 0 aliphatic heterocycles. The Balaban J connectivity index is 0.000000151. The van der Waals surface area contributed by atoms with E-state index in [-0.39, 0.29) is 10.8 Å². The van der Waals surface area contributed by atoms with Crippen LogP contribution in [0.2, 0.25) is 0 Å². The first-order chi connectivity index (χ1) is 66.0. The molecule has 22 aromatic rings. The van der Waals surface area contributed by atoms with Crippen molar-refractivity contribution in [1.29, 1.82) is 0 Å². The summed E-state index contributed by atoms with van der Waals surface area (Å²) in [5.41, 5.74) is 48.7. The van der Waals surface area contributed by atoms with Crippen LogP contribution in [-0.4, -0.2) is 9.13 Å². The molecule has 25 rings (SSSR count). The molecule has 0 atom stereocenters. The van der Waals surface area contributed by atoms with E-state index in [1.165, 1.54) is 211 Å². The van der Waals surface area contributed by atoms with Gasteiger partial charge < -0.3 is 18.9 Å². The molecule has 20 aromatic carbocycles. The summed E-state index contributed by atoms with van der Waals surface area (Å²) >= 11 is 0. The number of aryl methyl sites for hydroxylation is 4. The molecule has 2 aromatic heterocycles. The lowest BCUT2D eigenvalue weighted by Crippen LogP contribution is -2.28. The van der Waals surface area contributed by atoms with Crippen molar-refractivity contribution < 1.29 is 0 Å². The van der Waals surface area contributed by atoms with Crippen molar-refractivity contribution in [2.75, 3.05) is 9.80 Å². The normalized spacial score (nSPS) is 13.2. The van der Waals surface area contributed by atoms with Gasteiger partial charge in [0, 0.05) is 77.9 Å². The molecular weight excluding hydrogens is 1630 g/mol. The van der Waals surface area contributed by atoms with Crippen LogP contribution in [0.5, 0.6) is 0 Å². The maximum atomic E-state index is 2.48. The Morgan fingerprint density at radius 2 is 0.459 bits per heavy atom. The van der Waals surface area contributed by atoms with Crippen LogP contribution in [-0.2, 0) is 16.2 Å². The number of rotatable bonds is 15. The van der Waals surface area contributed by atoms with Crippen LogP contribution in [0.25, 0.3) is 144 Å². The number of benzene rings is 20. The van der Waals surface area contributed by atoms with Gasteiger partial charge in [0.05, 0.1) is 27.5 Å². The summed E-state index contributed by atoms with van der Waals surface area (Å²) in [5, 5.41) is 4.89. The first-order valence-corrected chi connectivity index (χ1v) is 47.3. The van der Waals surface area contributed by atoms with E-state index in [1.807, 2.05) is 0 Å². The van der Waals surface area contributed by atoms with E-state index in [0.29, 0.717) is 0 Å². The van der Waals surface area contributed by atoms with Gasteiger partial charge in [0.25, 0.3) is 0 Å². The Bertz CT molecular complexity index is 8240. The summed E-state index contributed by atoms with van der Waals surface area (Å²) in [6, 6.07) is 171. The Hall–Kier alpha value is -16.4. The largest absolute Gasteiger partial charge is 0.310 e. The van der Waals surface area contributed by atoms with Gasteiger partial charge in [-0.05, 0) is 295 Å². The zero-order chi connectivity index (χ0) is 91.0. The van der Waals surface area contributed by atoms with E-state index < -0.39 is 5.41 Å². The highest BCUT2D eigenvalue weighted by Crippen LogP contribution is 2.59. The highest BCUT2D eigenvalue weighted by Gasteiger charge is 2.47. The van der Waals surface area contributed by atoms with E-state index in [1.54, 1.807) is 0 Å². The molecule has 0 saturated carbocycles. The third-order valence-electron chi connectivity index (χ3n) is 29.2. The SMILES string of the molecule is Cc1cc(C)cc(-c2ccc3c(c2)C(C)(C)c2cc(-n4c5ccccc5c5cc(N(c6ccc(-c7ccccc7)cc6)c6ccc(-c7ccccc7)cc6)ccc54)ccc2-3)c1.Cc1cc(C)cc(-c2ccc3c(c2)C(C)(C)c2cc(-n4c5ccccc5c5cc(N(c6ccc(-c7ccccc7)cc6)c6ccc7c(c6)C(c6ccccc6)(c6ccccc6)c6ccccc6-7)ccc54)ccc2-3)c1. The monoisotopic (exact) mass is 1730 g/mol. The maximum Gasteiger partial charge on any atom is 0.0714 e. The van der Waals surface area contributed by atoms with Crippen LogP contribution in [0.3, 0.4) is 0 Å². The summed E-state index contributed by atoms with van der Waals surface area (Å²) < 4.78 is 4.94. The maximum absolute atomic E-state index is 2.48. The van der Waals surface area contributed by atoms with Crippen molar-refractivity contribution in [2.24, 2.45) is 0 Å². The zero-order valence-electron chi connectivity index (χ0n) is 77.2. The summed E-state index contributed by atoms with van der Waals surface area (Å²) in [4.78, 5) is 4.85. The van der Waals surface area contributed by atoms with Crippen molar-refractivity contribution in [2.45, 2.75) is 71.6 Å². The minimum atomic E-state index is -0.529. The van der Waals surface area contributed by atoms with Gasteiger partial charge in [-0.3, -0.25) is 0 Å². The van der Waals surface area contributed by atoms with Crippen LogP contribution in [0.4, 0.5) is 34.1 Å². The summed E-state index contributed by atoms with van der Waals surface area (Å²) in [6.07, 6.45) is 0. The highest BCUT2D eigenvalue weighted by molar-refractivity contribution is 6.13. The molecule has 0 fully saturated rings. The number of para-hydroxylation sites is 2. The van der Waals surface area contributed by atoms with E-state index in [4.69, 9.17) is 0 Å². The van der Waals surface area contributed by atoms with Gasteiger partial charge >= 0.3 is 0 Å². The van der Waals surface area contributed by atoms with Crippen molar-refractivity contribution in [3.8, 4) is 100 Å². The Labute approximate surface area is 790 Å². The fourth-order valence-electron chi connectivity index (χ4n) is 22.9. The average molecular weight is 1730 g/mol. The predicted octanol–water partition coefficient (Wildman–Crippen LogP) is 35.1. The molecule has 644 valence electrons. The number of aromatic nitrogens is 2. The van der Waals surface area contributed by atoms with Crippen LogP contribution in [0.1, 0.15) is 94.5 Å². The van der Waals surface area contributed by atoms with Gasteiger partial charge in [0.1, 0.15) is 0 Å².